The highest BCUT2D eigenvalue weighted by Gasteiger charge is 2.20. The number of carbonyl (C=O) groups excluding carboxylic acids is 1. The van der Waals surface area contributed by atoms with Gasteiger partial charge in [-0.3, -0.25) is 4.79 Å². The summed E-state index contributed by atoms with van der Waals surface area (Å²) < 4.78 is 44.8. The molecule has 0 aromatic heterocycles. The van der Waals surface area contributed by atoms with Gasteiger partial charge in [0.2, 0.25) is 6.79 Å². The molecule has 0 bridgehead atoms. The van der Waals surface area contributed by atoms with Crippen LogP contribution < -0.4 is 24.8 Å². The van der Waals surface area contributed by atoms with Gasteiger partial charge in [0.15, 0.2) is 17.5 Å². The Morgan fingerprint density at radius 2 is 2.04 bits per heavy atom. The van der Waals surface area contributed by atoms with Crippen molar-refractivity contribution in [2.75, 3.05) is 27.0 Å². The van der Waals surface area contributed by atoms with Crippen molar-refractivity contribution < 1.29 is 32.5 Å². The molecule has 0 amide bonds. The molecule has 0 aliphatic carbocycles. The van der Waals surface area contributed by atoms with Gasteiger partial charge in [-0.15, -0.1) is 0 Å². The largest absolute Gasteiger partial charge is 0.469 e. The van der Waals surface area contributed by atoms with Gasteiger partial charge >= 0.3 is 12.6 Å². The fourth-order valence-electron chi connectivity index (χ4n) is 2.19. The normalized spacial score (nSPS) is 12.9. The van der Waals surface area contributed by atoms with E-state index in [0.29, 0.717) is 36.1 Å². The van der Waals surface area contributed by atoms with Crippen molar-refractivity contribution in [1.82, 2.24) is 10.6 Å². The lowest BCUT2D eigenvalue weighted by molar-refractivity contribution is -0.140. The van der Waals surface area contributed by atoms with Crippen LogP contribution in [-0.2, 0) is 16.1 Å². The zero-order valence-corrected chi connectivity index (χ0v) is 14.5. The van der Waals surface area contributed by atoms with Crippen LogP contribution in [0.1, 0.15) is 18.9 Å². The maximum Gasteiger partial charge on any atom is 0.387 e. The van der Waals surface area contributed by atoms with E-state index in [1.165, 1.54) is 13.2 Å². The summed E-state index contributed by atoms with van der Waals surface area (Å²) in [4.78, 5) is 15.5. The Balaban J connectivity index is 2.10. The van der Waals surface area contributed by atoms with E-state index in [1.807, 2.05) is 6.92 Å². The fourth-order valence-corrected chi connectivity index (χ4v) is 2.19. The van der Waals surface area contributed by atoms with E-state index in [2.05, 4.69) is 25.1 Å². The van der Waals surface area contributed by atoms with Crippen LogP contribution >= 0.6 is 0 Å². The van der Waals surface area contributed by atoms with Crippen molar-refractivity contribution in [2.24, 2.45) is 4.99 Å². The molecule has 0 spiro atoms. The third-order valence-electron chi connectivity index (χ3n) is 3.37. The molecule has 0 saturated carbocycles. The Kier molecular flexibility index (Phi) is 7.24. The summed E-state index contributed by atoms with van der Waals surface area (Å²) in [7, 11) is 1.31. The van der Waals surface area contributed by atoms with Crippen LogP contribution in [0.3, 0.4) is 0 Å². The van der Waals surface area contributed by atoms with Crippen molar-refractivity contribution in [1.29, 1.82) is 0 Å². The first kappa shape index (κ1) is 19.5. The molecule has 144 valence electrons. The van der Waals surface area contributed by atoms with Crippen LogP contribution in [0.5, 0.6) is 17.2 Å². The topological polar surface area (TPSA) is 90.4 Å². The van der Waals surface area contributed by atoms with Gasteiger partial charge < -0.3 is 29.6 Å². The third kappa shape index (κ3) is 5.64. The van der Waals surface area contributed by atoms with Gasteiger partial charge in [-0.25, -0.2) is 4.99 Å². The second kappa shape index (κ2) is 9.64. The van der Waals surface area contributed by atoms with Crippen molar-refractivity contribution in [3.05, 3.63) is 17.7 Å². The second-order valence-electron chi connectivity index (χ2n) is 5.14. The molecule has 1 aliphatic heterocycles. The van der Waals surface area contributed by atoms with E-state index >= 15 is 0 Å². The zero-order chi connectivity index (χ0) is 18.9. The highest BCUT2D eigenvalue weighted by Crippen LogP contribution is 2.38. The summed E-state index contributed by atoms with van der Waals surface area (Å²) in [5.41, 5.74) is 0.416. The van der Waals surface area contributed by atoms with Crippen molar-refractivity contribution in [3.8, 4) is 17.2 Å². The average Bonchev–Trinajstić information content (AvgIpc) is 3.05. The Morgan fingerprint density at radius 1 is 1.31 bits per heavy atom. The number of carbonyl (C=O) groups is 1. The molecule has 1 heterocycles. The molecule has 8 nitrogen and oxygen atoms in total. The molecule has 0 fully saturated rings. The SMILES string of the molecule is CCNC(=NCc1cc2c(cc1OC(F)F)OCO2)NCCC(=O)OC. The molecule has 2 rings (SSSR count). The zero-order valence-electron chi connectivity index (χ0n) is 14.5. The van der Waals surface area contributed by atoms with Gasteiger partial charge in [0.1, 0.15) is 5.75 Å². The first-order valence-electron chi connectivity index (χ1n) is 7.99. The maximum absolute atomic E-state index is 12.6. The summed E-state index contributed by atoms with van der Waals surface area (Å²) in [6.45, 7) is -0.0978. The number of hydrogen-bond donors (Lipinski definition) is 2. The summed E-state index contributed by atoms with van der Waals surface area (Å²) in [5.74, 6) is 0.837. The number of benzene rings is 1. The molecule has 1 aromatic rings. The Hall–Kier alpha value is -2.78. The monoisotopic (exact) mass is 373 g/mol. The first-order valence-corrected chi connectivity index (χ1v) is 7.99. The van der Waals surface area contributed by atoms with Crippen LogP contribution in [0.2, 0.25) is 0 Å². The number of nitrogens with zero attached hydrogens (tertiary/aromatic N) is 1. The number of fused-ring (bicyclic) bond motifs is 1. The van der Waals surface area contributed by atoms with Gasteiger partial charge in [0.05, 0.1) is 20.1 Å². The molecular weight excluding hydrogens is 352 g/mol. The summed E-state index contributed by atoms with van der Waals surface area (Å²) in [5, 5.41) is 5.96. The van der Waals surface area contributed by atoms with E-state index < -0.39 is 6.61 Å². The number of methoxy groups -OCH3 is 1. The van der Waals surface area contributed by atoms with Crippen molar-refractivity contribution in [3.63, 3.8) is 0 Å². The number of halogens is 2. The number of nitrogens with one attached hydrogen (secondary N) is 2. The quantitative estimate of drug-likeness (QED) is 0.407. The minimum atomic E-state index is -2.97. The predicted molar refractivity (Wildman–Crippen MR) is 88.6 cm³/mol. The highest BCUT2D eigenvalue weighted by molar-refractivity contribution is 5.80. The minimum absolute atomic E-state index is 0.0217. The van der Waals surface area contributed by atoms with Crippen molar-refractivity contribution >= 4 is 11.9 Å². The van der Waals surface area contributed by atoms with Gasteiger partial charge in [0.25, 0.3) is 0 Å². The number of esters is 1. The van der Waals surface area contributed by atoms with E-state index in [-0.39, 0.29) is 31.5 Å². The molecule has 1 aromatic carbocycles. The van der Waals surface area contributed by atoms with E-state index in [9.17, 15) is 13.6 Å². The molecular formula is C16H21F2N3O5. The highest BCUT2D eigenvalue weighted by atomic mass is 19.3. The molecule has 0 saturated heterocycles. The average molecular weight is 373 g/mol. The lowest BCUT2D eigenvalue weighted by atomic mass is 10.1. The number of hydrogen-bond acceptors (Lipinski definition) is 6. The minimum Gasteiger partial charge on any atom is -0.469 e. The van der Waals surface area contributed by atoms with Crippen LogP contribution in [0.15, 0.2) is 17.1 Å². The lowest BCUT2D eigenvalue weighted by Crippen LogP contribution is -2.38. The Morgan fingerprint density at radius 3 is 2.69 bits per heavy atom. The number of guanidine groups is 1. The van der Waals surface area contributed by atoms with E-state index in [0.717, 1.165) is 0 Å². The third-order valence-corrected chi connectivity index (χ3v) is 3.37. The number of rotatable bonds is 8. The van der Waals surface area contributed by atoms with Crippen LogP contribution in [0.4, 0.5) is 8.78 Å². The van der Waals surface area contributed by atoms with Crippen molar-refractivity contribution in [2.45, 2.75) is 26.5 Å². The molecule has 0 atom stereocenters. The predicted octanol–water partition coefficient (Wildman–Crippen LogP) is 1.63. The lowest BCUT2D eigenvalue weighted by Gasteiger charge is -2.13. The summed E-state index contributed by atoms with van der Waals surface area (Å²) in [6, 6.07) is 2.92. The second-order valence-corrected chi connectivity index (χ2v) is 5.14. The van der Waals surface area contributed by atoms with Crippen LogP contribution in [0, 0.1) is 0 Å². The van der Waals surface area contributed by atoms with E-state index in [1.54, 1.807) is 6.07 Å². The van der Waals surface area contributed by atoms with Gasteiger partial charge in [0, 0.05) is 24.7 Å². The molecule has 2 N–H and O–H groups in total. The molecule has 10 heteroatoms. The Bertz CT molecular complexity index is 655. The van der Waals surface area contributed by atoms with Gasteiger partial charge in [-0.05, 0) is 13.0 Å². The molecule has 0 radical (unpaired) electrons. The maximum atomic E-state index is 12.6. The number of aliphatic imine (C=N–C) groups is 1. The van der Waals surface area contributed by atoms with Crippen LogP contribution in [0.25, 0.3) is 0 Å². The Labute approximate surface area is 149 Å². The molecule has 0 unspecified atom stereocenters. The molecule has 1 aliphatic rings. The van der Waals surface area contributed by atoms with Gasteiger partial charge in [-0.1, -0.05) is 0 Å². The molecule has 26 heavy (non-hydrogen) atoms. The number of alkyl halides is 2. The summed E-state index contributed by atoms with van der Waals surface area (Å²) >= 11 is 0. The van der Waals surface area contributed by atoms with Gasteiger partial charge in [-0.2, -0.15) is 8.78 Å². The smallest absolute Gasteiger partial charge is 0.387 e. The fraction of sp³-hybridized carbons (Fsp3) is 0.500. The summed E-state index contributed by atoms with van der Waals surface area (Å²) in [6.07, 6.45) is 0.171. The van der Waals surface area contributed by atoms with Crippen LogP contribution in [-0.4, -0.2) is 45.5 Å². The van der Waals surface area contributed by atoms with E-state index in [4.69, 9.17) is 9.47 Å². The first-order chi connectivity index (χ1) is 12.5. The number of ether oxygens (including phenoxy) is 4. The standard InChI is InChI=1S/C16H21F2N3O5/c1-3-19-16(20-5-4-14(22)23-2)21-8-10-6-12-13(25-9-24-12)7-11(10)26-15(17)18/h6-7,15H,3-5,8-9H2,1-2H3,(H2,19,20,21).